The number of pyridine rings is 1. The highest BCUT2D eigenvalue weighted by molar-refractivity contribution is 6.30. The van der Waals surface area contributed by atoms with E-state index in [0.29, 0.717) is 13.2 Å². The molecule has 25 heavy (non-hydrogen) atoms. The van der Waals surface area contributed by atoms with Crippen LogP contribution < -0.4 is 0 Å². The highest BCUT2D eigenvalue weighted by atomic mass is 35.5. The summed E-state index contributed by atoms with van der Waals surface area (Å²) in [6, 6.07) is 15.5. The van der Waals surface area contributed by atoms with Crippen LogP contribution in [0.5, 0.6) is 0 Å². The van der Waals surface area contributed by atoms with Gasteiger partial charge in [-0.25, -0.2) is 0 Å². The molecule has 1 aromatic carbocycles. The molecule has 4 rings (SSSR count). The van der Waals surface area contributed by atoms with Crippen molar-refractivity contribution in [1.82, 2.24) is 15.0 Å². The molecule has 1 aliphatic rings. The molecular formula is C19H18ClN3O2. The zero-order chi connectivity index (χ0) is 17.1. The predicted octanol–water partition coefficient (Wildman–Crippen LogP) is 3.96. The van der Waals surface area contributed by atoms with Gasteiger partial charge in [-0.3, -0.25) is 9.88 Å². The number of rotatable bonds is 4. The highest BCUT2D eigenvalue weighted by Crippen LogP contribution is 2.25. The summed E-state index contributed by atoms with van der Waals surface area (Å²) in [7, 11) is 0. The first-order valence-corrected chi connectivity index (χ1v) is 8.62. The second kappa shape index (κ2) is 7.35. The molecule has 1 saturated heterocycles. The molecule has 5 nitrogen and oxygen atoms in total. The number of morpholine rings is 1. The number of ether oxygens (including phenoxy) is 1. The van der Waals surface area contributed by atoms with Crippen LogP contribution in [0.1, 0.15) is 17.4 Å². The number of hydrogen-bond donors (Lipinski definition) is 0. The Bertz CT molecular complexity index is 820. The third-order valence-corrected chi connectivity index (χ3v) is 4.51. The average Bonchev–Trinajstić information content (AvgIpc) is 3.12. The summed E-state index contributed by atoms with van der Waals surface area (Å²) in [5.41, 5.74) is 2.72. The van der Waals surface area contributed by atoms with Gasteiger partial charge >= 0.3 is 0 Å². The Morgan fingerprint density at radius 1 is 1.12 bits per heavy atom. The molecule has 6 heteroatoms. The minimum atomic E-state index is 0.0456. The summed E-state index contributed by atoms with van der Waals surface area (Å²) in [5, 5.41) is 4.86. The van der Waals surface area contributed by atoms with Crippen molar-refractivity contribution in [3.63, 3.8) is 0 Å². The van der Waals surface area contributed by atoms with Crippen molar-refractivity contribution in [3.8, 4) is 11.4 Å². The molecule has 2 aromatic heterocycles. The quantitative estimate of drug-likeness (QED) is 0.709. The van der Waals surface area contributed by atoms with E-state index in [9.17, 15) is 0 Å². The van der Waals surface area contributed by atoms with Gasteiger partial charge in [-0.1, -0.05) is 35.0 Å². The third-order valence-electron chi connectivity index (χ3n) is 4.26. The third kappa shape index (κ3) is 3.90. The van der Waals surface area contributed by atoms with Gasteiger partial charge in [0.15, 0.2) is 5.76 Å². The number of hydrogen-bond acceptors (Lipinski definition) is 5. The van der Waals surface area contributed by atoms with Crippen molar-refractivity contribution in [2.24, 2.45) is 0 Å². The normalized spacial score (nSPS) is 18.4. The number of aromatic nitrogens is 2. The fourth-order valence-corrected chi connectivity index (χ4v) is 3.09. The summed E-state index contributed by atoms with van der Waals surface area (Å²) in [6.45, 7) is 3.06. The van der Waals surface area contributed by atoms with Crippen LogP contribution in [0.15, 0.2) is 59.3 Å². The largest absolute Gasteiger partial charge is 0.371 e. The monoisotopic (exact) mass is 355 g/mol. The topological polar surface area (TPSA) is 51.4 Å². The van der Waals surface area contributed by atoms with E-state index in [1.165, 1.54) is 0 Å². The molecule has 0 radical (unpaired) electrons. The van der Waals surface area contributed by atoms with E-state index < -0.39 is 0 Å². The summed E-state index contributed by atoms with van der Waals surface area (Å²) < 4.78 is 11.4. The molecule has 1 atom stereocenters. The molecule has 0 amide bonds. The van der Waals surface area contributed by atoms with Gasteiger partial charge in [0.1, 0.15) is 5.69 Å². The molecule has 1 fully saturated rings. The summed E-state index contributed by atoms with van der Waals surface area (Å²) in [5.74, 6) is 0.831. The molecule has 1 aliphatic heterocycles. The number of benzene rings is 1. The average molecular weight is 356 g/mol. The van der Waals surface area contributed by atoms with Gasteiger partial charge in [0.25, 0.3) is 0 Å². The van der Waals surface area contributed by atoms with Crippen LogP contribution >= 0.6 is 11.6 Å². The zero-order valence-electron chi connectivity index (χ0n) is 13.6. The van der Waals surface area contributed by atoms with E-state index in [2.05, 4.69) is 15.0 Å². The second-order valence-electron chi connectivity index (χ2n) is 6.04. The lowest BCUT2D eigenvalue weighted by Crippen LogP contribution is -2.37. The molecule has 128 valence electrons. The Labute approximate surface area is 151 Å². The first-order chi connectivity index (χ1) is 12.3. The molecule has 0 bridgehead atoms. The van der Waals surface area contributed by atoms with Gasteiger partial charge in [0.2, 0.25) is 0 Å². The fraction of sp³-hybridized carbons (Fsp3) is 0.263. The van der Waals surface area contributed by atoms with Crippen molar-refractivity contribution in [3.05, 3.63) is 71.1 Å². The van der Waals surface area contributed by atoms with Crippen molar-refractivity contribution in [2.45, 2.75) is 12.6 Å². The minimum absolute atomic E-state index is 0.0456. The summed E-state index contributed by atoms with van der Waals surface area (Å²) in [6.07, 6.45) is 1.80. The van der Waals surface area contributed by atoms with E-state index in [4.69, 9.17) is 20.9 Å². The van der Waals surface area contributed by atoms with Crippen LogP contribution in [0.25, 0.3) is 11.4 Å². The van der Waals surface area contributed by atoms with E-state index in [1.807, 2.05) is 48.5 Å². The smallest absolute Gasteiger partial charge is 0.151 e. The van der Waals surface area contributed by atoms with E-state index in [1.54, 1.807) is 6.20 Å². The second-order valence-corrected chi connectivity index (χ2v) is 6.48. The summed E-state index contributed by atoms with van der Waals surface area (Å²) >= 11 is 5.96. The molecule has 0 N–H and O–H groups in total. The zero-order valence-corrected chi connectivity index (χ0v) is 14.4. The van der Waals surface area contributed by atoms with Gasteiger partial charge in [-0.15, -0.1) is 0 Å². The van der Waals surface area contributed by atoms with Gasteiger partial charge in [-0.2, -0.15) is 0 Å². The van der Waals surface area contributed by atoms with Crippen LogP contribution in [0.3, 0.4) is 0 Å². The lowest BCUT2D eigenvalue weighted by Gasteiger charge is -2.32. The van der Waals surface area contributed by atoms with Crippen LogP contribution in [0.2, 0.25) is 5.02 Å². The fourth-order valence-electron chi connectivity index (χ4n) is 2.97. The van der Waals surface area contributed by atoms with Crippen molar-refractivity contribution in [1.29, 1.82) is 0 Å². The van der Waals surface area contributed by atoms with E-state index in [0.717, 1.165) is 40.8 Å². The highest BCUT2D eigenvalue weighted by Gasteiger charge is 2.23. The summed E-state index contributed by atoms with van der Waals surface area (Å²) in [4.78, 5) is 6.61. The Kier molecular flexibility index (Phi) is 4.78. The molecule has 0 spiro atoms. The Morgan fingerprint density at radius 3 is 2.80 bits per heavy atom. The van der Waals surface area contributed by atoms with Crippen LogP contribution in [0, 0.1) is 0 Å². The Morgan fingerprint density at radius 2 is 2.00 bits per heavy atom. The molecule has 0 saturated carbocycles. The van der Waals surface area contributed by atoms with Gasteiger partial charge in [-0.05, 0) is 29.8 Å². The molecule has 0 aliphatic carbocycles. The van der Waals surface area contributed by atoms with Crippen molar-refractivity contribution >= 4 is 11.6 Å². The van der Waals surface area contributed by atoms with Crippen molar-refractivity contribution < 1.29 is 9.26 Å². The van der Waals surface area contributed by atoms with E-state index >= 15 is 0 Å². The molecule has 0 unspecified atom stereocenters. The minimum Gasteiger partial charge on any atom is -0.371 e. The SMILES string of the molecule is Clc1ccc([C@@H]2CN(Cc3cc(-c4ccccn4)no3)CCO2)cc1. The maximum absolute atomic E-state index is 5.96. The first kappa shape index (κ1) is 16.3. The van der Waals surface area contributed by atoms with Crippen LogP contribution in [-0.4, -0.2) is 34.7 Å². The lowest BCUT2D eigenvalue weighted by molar-refractivity contribution is -0.0351. The van der Waals surface area contributed by atoms with Crippen LogP contribution in [-0.2, 0) is 11.3 Å². The first-order valence-electron chi connectivity index (χ1n) is 8.24. The number of nitrogens with zero attached hydrogens (tertiary/aromatic N) is 3. The van der Waals surface area contributed by atoms with Crippen LogP contribution in [0.4, 0.5) is 0 Å². The predicted molar refractivity (Wildman–Crippen MR) is 95.2 cm³/mol. The maximum Gasteiger partial charge on any atom is 0.151 e. The van der Waals surface area contributed by atoms with E-state index in [-0.39, 0.29) is 6.10 Å². The standard InChI is InChI=1S/C19H18ClN3O2/c20-15-6-4-14(5-7-15)19-13-23(9-10-24-19)12-16-11-18(22-25-16)17-3-1-2-8-21-17/h1-8,11,19H,9-10,12-13H2/t19-/m0/s1. The van der Waals surface area contributed by atoms with Gasteiger partial charge < -0.3 is 9.26 Å². The molecule has 3 aromatic rings. The Balaban J connectivity index is 1.42. The van der Waals surface area contributed by atoms with Crippen molar-refractivity contribution in [2.75, 3.05) is 19.7 Å². The molecular weight excluding hydrogens is 338 g/mol. The lowest BCUT2D eigenvalue weighted by atomic mass is 10.1. The van der Waals surface area contributed by atoms with Gasteiger partial charge in [0, 0.05) is 30.4 Å². The van der Waals surface area contributed by atoms with Gasteiger partial charge in [0.05, 0.1) is 24.9 Å². The number of halogens is 1. The molecule has 3 heterocycles. The maximum atomic E-state index is 5.96. The Hall–Kier alpha value is -2.21.